The van der Waals surface area contributed by atoms with Gasteiger partial charge < -0.3 is 4.74 Å². The van der Waals surface area contributed by atoms with Gasteiger partial charge in [-0.15, -0.1) is 0 Å². The molecular weight excluding hydrogens is 128 g/mol. The highest BCUT2D eigenvalue weighted by Crippen LogP contribution is 2.39. The molecule has 2 heteroatoms. The SMILES string of the molecule is C[C@@H]1CC[C@H]2CC(=O)O[C@H]21. The Morgan fingerprint density at radius 2 is 2.30 bits per heavy atom. The van der Waals surface area contributed by atoms with Gasteiger partial charge in [-0.3, -0.25) is 4.79 Å². The van der Waals surface area contributed by atoms with Gasteiger partial charge in [-0.05, 0) is 18.8 Å². The van der Waals surface area contributed by atoms with Crippen molar-refractivity contribution < 1.29 is 9.53 Å². The molecule has 2 rings (SSSR count). The fourth-order valence-corrected chi connectivity index (χ4v) is 2.11. The van der Waals surface area contributed by atoms with Crippen LogP contribution in [0.25, 0.3) is 0 Å². The topological polar surface area (TPSA) is 26.3 Å². The summed E-state index contributed by atoms with van der Waals surface area (Å²) in [5.74, 6) is 1.18. The van der Waals surface area contributed by atoms with E-state index in [0.717, 1.165) is 0 Å². The highest BCUT2D eigenvalue weighted by atomic mass is 16.6. The number of rotatable bonds is 0. The van der Waals surface area contributed by atoms with Crippen molar-refractivity contribution in [3.05, 3.63) is 0 Å². The van der Waals surface area contributed by atoms with Gasteiger partial charge in [-0.1, -0.05) is 6.92 Å². The van der Waals surface area contributed by atoms with Crippen LogP contribution in [0.5, 0.6) is 0 Å². The van der Waals surface area contributed by atoms with Crippen LogP contribution in [-0.2, 0) is 9.53 Å². The summed E-state index contributed by atoms with van der Waals surface area (Å²) in [7, 11) is 0. The highest BCUT2D eigenvalue weighted by Gasteiger charge is 2.42. The lowest BCUT2D eigenvalue weighted by molar-refractivity contribution is -0.142. The van der Waals surface area contributed by atoms with Crippen molar-refractivity contribution in [3.63, 3.8) is 0 Å². The van der Waals surface area contributed by atoms with Crippen molar-refractivity contribution >= 4 is 5.97 Å². The predicted molar refractivity (Wildman–Crippen MR) is 36.4 cm³/mol. The zero-order chi connectivity index (χ0) is 7.14. The summed E-state index contributed by atoms with van der Waals surface area (Å²) >= 11 is 0. The molecule has 2 nitrogen and oxygen atoms in total. The Morgan fingerprint density at radius 1 is 1.50 bits per heavy atom. The van der Waals surface area contributed by atoms with Crippen molar-refractivity contribution in [2.45, 2.75) is 32.3 Å². The van der Waals surface area contributed by atoms with Crippen LogP contribution in [0, 0.1) is 11.8 Å². The van der Waals surface area contributed by atoms with Gasteiger partial charge in [0, 0.05) is 5.92 Å². The lowest BCUT2D eigenvalue weighted by Crippen LogP contribution is -2.15. The zero-order valence-corrected chi connectivity index (χ0v) is 6.17. The fourth-order valence-electron chi connectivity index (χ4n) is 2.11. The van der Waals surface area contributed by atoms with E-state index in [2.05, 4.69) is 6.92 Å². The molecule has 2 aliphatic rings. The number of hydrogen-bond donors (Lipinski definition) is 0. The molecule has 56 valence electrons. The first-order valence-corrected chi connectivity index (χ1v) is 3.97. The zero-order valence-electron chi connectivity index (χ0n) is 6.17. The molecule has 1 saturated heterocycles. The van der Waals surface area contributed by atoms with E-state index in [1.54, 1.807) is 0 Å². The summed E-state index contributed by atoms with van der Waals surface area (Å²) in [5.41, 5.74) is 0. The van der Waals surface area contributed by atoms with Gasteiger partial charge in [0.25, 0.3) is 0 Å². The summed E-state index contributed by atoms with van der Waals surface area (Å²) in [5, 5.41) is 0. The smallest absolute Gasteiger partial charge is 0.306 e. The standard InChI is InChI=1S/C8H12O2/c1-5-2-3-6-4-7(9)10-8(5)6/h5-6,8H,2-4H2,1H3/t5-,6+,8+/m1/s1. The molecule has 10 heavy (non-hydrogen) atoms. The van der Waals surface area contributed by atoms with Crippen LogP contribution in [0.1, 0.15) is 26.2 Å². The van der Waals surface area contributed by atoms with Gasteiger partial charge in [0.1, 0.15) is 6.10 Å². The minimum atomic E-state index is 0.0153. The van der Waals surface area contributed by atoms with Crippen molar-refractivity contribution in [1.82, 2.24) is 0 Å². The van der Waals surface area contributed by atoms with E-state index < -0.39 is 0 Å². The van der Waals surface area contributed by atoms with Gasteiger partial charge in [0.2, 0.25) is 0 Å². The largest absolute Gasteiger partial charge is 0.462 e. The first-order valence-electron chi connectivity index (χ1n) is 3.97. The molecule has 0 bridgehead atoms. The molecule has 0 amide bonds. The molecule has 2 fully saturated rings. The van der Waals surface area contributed by atoms with Crippen LogP contribution in [0.4, 0.5) is 0 Å². The van der Waals surface area contributed by atoms with Crippen molar-refractivity contribution in [3.8, 4) is 0 Å². The van der Waals surface area contributed by atoms with E-state index in [9.17, 15) is 4.79 Å². The monoisotopic (exact) mass is 140 g/mol. The van der Waals surface area contributed by atoms with Crippen LogP contribution < -0.4 is 0 Å². The van der Waals surface area contributed by atoms with Crippen LogP contribution >= 0.6 is 0 Å². The first-order chi connectivity index (χ1) is 4.77. The van der Waals surface area contributed by atoms with E-state index in [1.165, 1.54) is 12.8 Å². The maximum atomic E-state index is 10.8. The van der Waals surface area contributed by atoms with Gasteiger partial charge >= 0.3 is 5.97 Å². The number of fused-ring (bicyclic) bond motifs is 1. The molecule has 0 aromatic heterocycles. The van der Waals surface area contributed by atoms with Crippen molar-refractivity contribution in [2.24, 2.45) is 11.8 Å². The van der Waals surface area contributed by atoms with Gasteiger partial charge in [-0.25, -0.2) is 0 Å². The number of carbonyl (C=O) groups is 1. The Labute approximate surface area is 60.6 Å². The highest BCUT2D eigenvalue weighted by molar-refractivity contribution is 5.72. The Hall–Kier alpha value is -0.530. The number of esters is 1. The number of carbonyl (C=O) groups excluding carboxylic acids is 1. The normalized spacial score (nSPS) is 45.3. The van der Waals surface area contributed by atoms with Crippen molar-refractivity contribution in [2.75, 3.05) is 0 Å². The molecule has 3 atom stereocenters. The molecule has 1 aliphatic carbocycles. The van der Waals surface area contributed by atoms with E-state index >= 15 is 0 Å². The minimum Gasteiger partial charge on any atom is -0.462 e. The Kier molecular flexibility index (Phi) is 1.22. The molecule has 0 spiro atoms. The average molecular weight is 140 g/mol. The maximum absolute atomic E-state index is 10.8. The third kappa shape index (κ3) is 0.746. The molecule has 1 heterocycles. The maximum Gasteiger partial charge on any atom is 0.306 e. The molecule has 0 N–H and O–H groups in total. The molecular formula is C8H12O2. The van der Waals surface area contributed by atoms with Crippen molar-refractivity contribution in [1.29, 1.82) is 0 Å². The lowest BCUT2D eigenvalue weighted by Gasteiger charge is -2.11. The second-order valence-electron chi connectivity index (χ2n) is 3.47. The summed E-state index contributed by atoms with van der Waals surface area (Å²) < 4.78 is 5.16. The quantitative estimate of drug-likeness (QED) is 0.475. The van der Waals surface area contributed by atoms with Crippen LogP contribution in [-0.4, -0.2) is 12.1 Å². The summed E-state index contributed by atoms with van der Waals surface area (Å²) in [6.07, 6.45) is 3.38. The summed E-state index contributed by atoms with van der Waals surface area (Å²) in [4.78, 5) is 10.8. The lowest BCUT2D eigenvalue weighted by atomic mass is 10.0. The molecule has 0 unspecified atom stereocenters. The van der Waals surface area contributed by atoms with E-state index in [0.29, 0.717) is 18.3 Å². The van der Waals surface area contributed by atoms with Gasteiger partial charge in [-0.2, -0.15) is 0 Å². The Bertz CT molecular complexity index is 165. The average Bonchev–Trinajstić information content (AvgIpc) is 2.35. The fraction of sp³-hybridized carbons (Fsp3) is 0.875. The second kappa shape index (κ2) is 1.97. The Balaban J connectivity index is 2.12. The van der Waals surface area contributed by atoms with Crippen LogP contribution in [0.2, 0.25) is 0 Å². The summed E-state index contributed by atoms with van der Waals surface area (Å²) in [6.45, 7) is 2.17. The van der Waals surface area contributed by atoms with E-state index in [1.807, 2.05) is 0 Å². The molecule has 1 saturated carbocycles. The second-order valence-corrected chi connectivity index (χ2v) is 3.47. The third-order valence-corrected chi connectivity index (χ3v) is 2.71. The van der Waals surface area contributed by atoms with E-state index in [4.69, 9.17) is 4.74 Å². The Morgan fingerprint density at radius 3 is 3.00 bits per heavy atom. The van der Waals surface area contributed by atoms with Crippen LogP contribution in [0.3, 0.4) is 0 Å². The van der Waals surface area contributed by atoms with E-state index in [-0.39, 0.29) is 12.1 Å². The molecule has 0 aromatic rings. The van der Waals surface area contributed by atoms with Gasteiger partial charge in [0.05, 0.1) is 6.42 Å². The predicted octanol–water partition coefficient (Wildman–Crippen LogP) is 1.35. The summed E-state index contributed by atoms with van der Waals surface area (Å²) in [6, 6.07) is 0. The molecule has 0 aromatic carbocycles. The molecule has 0 radical (unpaired) electrons. The first kappa shape index (κ1) is 6.20. The number of ether oxygens (including phenoxy) is 1. The minimum absolute atomic E-state index is 0.0153. The third-order valence-electron chi connectivity index (χ3n) is 2.71. The number of hydrogen-bond acceptors (Lipinski definition) is 2. The van der Waals surface area contributed by atoms with Crippen LogP contribution in [0.15, 0.2) is 0 Å². The molecule has 1 aliphatic heterocycles. The van der Waals surface area contributed by atoms with Gasteiger partial charge in [0.15, 0.2) is 0 Å².